The van der Waals surface area contributed by atoms with Gasteiger partial charge in [0.05, 0.1) is 23.8 Å². The zero-order chi connectivity index (χ0) is 21.7. The molecule has 0 aliphatic heterocycles. The molecule has 0 saturated carbocycles. The Balaban J connectivity index is 1.74. The number of furan rings is 1. The van der Waals surface area contributed by atoms with Crippen LogP contribution in [-0.4, -0.2) is 27.5 Å². The first-order valence-corrected chi connectivity index (χ1v) is 10.3. The van der Waals surface area contributed by atoms with Gasteiger partial charge in [0.2, 0.25) is 0 Å². The molecule has 9 heteroatoms. The second-order valence-corrected chi connectivity index (χ2v) is 8.01. The van der Waals surface area contributed by atoms with Crippen LogP contribution in [0.25, 0.3) is 0 Å². The van der Waals surface area contributed by atoms with Gasteiger partial charge in [-0.3, -0.25) is 4.72 Å². The van der Waals surface area contributed by atoms with Crippen molar-refractivity contribution in [3.05, 3.63) is 83.3 Å². The number of methoxy groups -OCH3 is 1. The zero-order valence-corrected chi connectivity index (χ0v) is 17.1. The Morgan fingerprint density at radius 2 is 1.80 bits per heavy atom. The number of carbonyl (C=O) groups is 2. The fourth-order valence-electron chi connectivity index (χ4n) is 2.67. The van der Waals surface area contributed by atoms with E-state index < -0.39 is 22.0 Å². The normalized spacial score (nSPS) is 11.0. The SMILES string of the molecule is COC(=O)c1ccoc1COC(=O)c1cccc(S(=O)(=O)Nc2cccc(C)c2)c1. The minimum atomic E-state index is -3.90. The van der Waals surface area contributed by atoms with Crippen molar-refractivity contribution in [1.29, 1.82) is 0 Å². The molecular formula is C21H19NO7S. The molecule has 0 saturated heterocycles. The van der Waals surface area contributed by atoms with Gasteiger partial charge in [0.25, 0.3) is 10.0 Å². The van der Waals surface area contributed by atoms with Crippen molar-refractivity contribution in [2.45, 2.75) is 18.4 Å². The van der Waals surface area contributed by atoms with Crippen molar-refractivity contribution in [2.75, 3.05) is 11.8 Å². The van der Waals surface area contributed by atoms with E-state index in [1.165, 1.54) is 43.7 Å². The van der Waals surface area contributed by atoms with E-state index in [0.29, 0.717) is 5.69 Å². The van der Waals surface area contributed by atoms with Gasteiger partial charge in [0.1, 0.15) is 5.56 Å². The van der Waals surface area contributed by atoms with Crippen LogP contribution in [0.2, 0.25) is 0 Å². The monoisotopic (exact) mass is 429 g/mol. The summed E-state index contributed by atoms with van der Waals surface area (Å²) in [6.07, 6.45) is 1.28. The molecular weight excluding hydrogens is 410 g/mol. The first-order valence-electron chi connectivity index (χ1n) is 8.81. The molecule has 1 heterocycles. The molecule has 1 N–H and O–H groups in total. The van der Waals surface area contributed by atoms with Crippen molar-refractivity contribution in [1.82, 2.24) is 0 Å². The van der Waals surface area contributed by atoms with E-state index in [-0.39, 0.29) is 28.4 Å². The van der Waals surface area contributed by atoms with Gasteiger partial charge in [-0.25, -0.2) is 18.0 Å². The van der Waals surface area contributed by atoms with Gasteiger partial charge in [0.15, 0.2) is 12.4 Å². The number of sulfonamides is 1. The smallest absolute Gasteiger partial charge is 0.341 e. The standard InChI is InChI=1S/C21H19NO7S/c1-14-5-3-7-16(11-14)22-30(25,26)17-8-4-6-15(12-17)20(23)29-13-19-18(9-10-28-19)21(24)27-2/h3-12,22H,13H2,1-2H3. The molecule has 0 unspecified atom stereocenters. The number of hydrogen-bond donors (Lipinski definition) is 1. The fraction of sp³-hybridized carbons (Fsp3) is 0.143. The van der Waals surface area contributed by atoms with Gasteiger partial charge in [-0.2, -0.15) is 0 Å². The van der Waals surface area contributed by atoms with Gasteiger partial charge < -0.3 is 13.9 Å². The van der Waals surface area contributed by atoms with Crippen molar-refractivity contribution in [3.8, 4) is 0 Å². The molecule has 0 bridgehead atoms. The third kappa shape index (κ3) is 4.87. The summed E-state index contributed by atoms with van der Waals surface area (Å²) in [5.41, 5.74) is 1.49. The lowest BCUT2D eigenvalue weighted by Gasteiger charge is -2.10. The average Bonchev–Trinajstić information content (AvgIpc) is 3.20. The molecule has 2 aromatic carbocycles. The van der Waals surface area contributed by atoms with Crippen molar-refractivity contribution < 1.29 is 31.9 Å². The van der Waals surface area contributed by atoms with Crippen LogP contribution in [0, 0.1) is 6.92 Å². The Morgan fingerprint density at radius 3 is 2.53 bits per heavy atom. The van der Waals surface area contributed by atoms with E-state index in [9.17, 15) is 18.0 Å². The summed E-state index contributed by atoms with van der Waals surface area (Å²) >= 11 is 0. The van der Waals surface area contributed by atoms with Crippen molar-refractivity contribution in [3.63, 3.8) is 0 Å². The van der Waals surface area contributed by atoms with Crippen molar-refractivity contribution >= 4 is 27.6 Å². The maximum absolute atomic E-state index is 12.7. The Labute approximate surface area is 173 Å². The highest BCUT2D eigenvalue weighted by Crippen LogP contribution is 2.19. The lowest BCUT2D eigenvalue weighted by atomic mass is 10.2. The average molecular weight is 429 g/mol. The molecule has 0 radical (unpaired) electrons. The minimum absolute atomic E-state index is 0.0355. The molecule has 30 heavy (non-hydrogen) atoms. The molecule has 8 nitrogen and oxygen atoms in total. The summed E-state index contributed by atoms with van der Waals surface area (Å²) in [6, 6.07) is 13.8. The fourth-order valence-corrected chi connectivity index (χ4v) is 3.77. The maximum Gasteiger partial charge on any atom is 0.341 e. The molecule has 0 atom stereocenters. The van der Waals surface area contributed by atoms with Crippen LogP contribution in [0.1, 0.15) is 32.0 Å². The van der Waals surface area contributed by atoms with E-state index >= 15 is 0 Å². The van der Waals surface area contributed by atoms with Crippen LogP contribution < -0.4 is 4.72 Å². The van der Waals surface area contributed by atoms with Gasteiger partial charge in [-0.15, -0.1) is 0 Å². The first kappa shape index (κ1) is 21.1. The van der Waals surface area contributed by atoms with Crippen LogP contribution in [0.5, 0.6) is 0 Å². The largest absolute Gasteiger partial charge is 0.465 e. The van der Waals surface area contributed by atoms with E-state index in [2.05, 4.69) is 9.46 Å². The molecule has 3 aromatic rings. The van der Waals surface area contributed by atoms with E-state index in [1.54, 1.807) is 18.2 Å². The Hall–Kier alpha value is -3.59. The third-order valence-corrected chi connectivity index (χ3v) is 5.51. The summed E-state index contributed by atoms with van der Waals surface area (Å²) in [6.45, 7) is 1.54. The van der Waals surface area contributed by atoms with Gasteiger partial charge >= 0.3 is 11.9 Å². The predicted octanol–water partition coefficient (Wildman–Crippen LogP) is 3.53. The van der Waals surface area contributed by atoms with Crippen molar-refractivity contribution in [2.24, 2.45) is 0 Å². The van der Waals surface area contributed by atoms with Crippen LogP contribution in [-0.2, 0) is 26.1 Å². The molecule has 0 amide bonds. The van der Waals surface area contributed by atoms with Crippen LogP contribution in [0.3, 0.4) is 0 Å². The highest BCUT2D eigenvalue weighted by molar-refractivity contribution is 7.92. The third-order valence-electron chi connectivity index (χ3n) is 4.14. The minimum Gasteiger partial charge on any atom is -0.465 e. The van der Waals surface area contributed by atoms with Crippen LogP contribution in [0.4, 0.5) is 5.69 Å². The molecule has 1 aromatic heterocycles. The Kier molecular flexibility index (Phi) is 6.22. The molecule has 156 valence electrons. The number of benzene rings is 2. The maximum atomic E-state index is 12.7. The lowest BCUT2D eigenvalue weighted by molar-refractivity contribution is 0.0432. The van der Waals surface area contributed by atoms with Crippen LogP contribution >= 0.6 is 0 Å². The molecule has 3 rings (SSSR count). The number of aryl methyl sites for hydroxylation is 1. The number of anilines is 1. The molecule has 0 aliphatic carbocycles. The summed E-state index contributed by atoms with van der Waals surface area (Å²) in [5, 5.41) is 0. The number of esters is 2. The molecule has 0 fully saturated rings. The number of rotatable bonds is 7. The lowest BCUT2D eigenvalue weighted by Crippen LogP contribution is -2.14. The number of carbonyl (C=O) groups excluding carboxylic acids is 2. The van der Waals surface area contributed by atoms with Crippen LogP contribution in [0.15, 0.2) is 70.2 Å². The molecule has 0 spiro atoms. The predicted molar refractivity (Wildman–Crippen MR) is 108 cm³/mol. The topological polar surface area (TPSA) is 112 Å². The summed E-state index contributed by atoms with van der Waals surface area (Å²) in [5.74, 6) is -1.26. The number of ether oxygens (including phenoxy) is 2. The van der Waals surface area contributed by atoms with Gasteiger partial charge in [0, 0.05) is 5.69 Å². The van der Waals surface area contributed by atoms with E-state index in [4.69, 9.17) is 9.15 Å². The van der Waals surface area contributed by atoms with Gasteiger partial charge in [-0.1, -0.05) is 18.2 Å². The first-order chi connectivity index (χ1) is 14.3. The Morgan fingerprint density at radius 1 is 1.03 bits per heavy atom. The van der Waals surface area contributed by atoms with E-state index in [1.807, 2.05) is 13.0 Å². The molecule has 0 aliphatic rings. The van der Waals surface area contributed by atoms with Gasteiger partial charge in [-0.05, 0) is 48.9 Å². The number of nitrogens with one attached hydrogen (secondary N) is 1. The summed E-state index contributed by atoms with van der Waals surface area (Å²) in [4.78, 5) is 23.9. The highest BCUT2D eigenvalue weighted by Gasteiger charge is 2.19. The summed E-state index contributed by atoms with van der Waals surface area (Å²) < 4.78 is 42.7. The zero-order valence-electron chi connectivity index (χ0n) is 16.2. The quantitative estimate of drug-likeness (QED) is 0.572. The summed E-state index contributed by atoms with van der Waals surface area (Å²) in [7, 11) is -2.68. The van der Waals surface area contributed by atoms with E-state index in [0.717, 1.165) is 5.56 Å². The number of hydrogen-bond acceptors (Lipinski definition) is 7. The second-order valence-electron chi connectivity index (χ2n) is 6.33. The highest BCUT2D eigenvalue weighted by atomic mass is 32.2. The second kappa shape index (κ2) is 8.83. The Bertz CT molecular complexity index is 1180.